The molecule has 118 valence electrons. The van der Waals surface area contributed by atoms with Crippen molar-refractivity contribution in [2.75, 3.05) is 26.3 Å². The van der Waals surface area contributed by atoms with Gasteiger partial charge in [0.05, 0.1) is 40.4 Å². The Hall–Kier alpha value is -2.25. The van der Waals surface area contributed by atoms with E-state index in [1.807, 2.05) is 35.4 Å². The molecule has 1 aliphatic rings. The molecule has 0 unspecified atom stereocenters. The minimum Gasteiger partial charge on any atom is -0.378 e. The van der Waals surface area contributed by atoms with Crippen LogP contribution in [-0.2, 0) is 4.74 Å². The van der Waals surface area contributed by atoms with Gasteiger partial charge in [-0.1, -0.05) is 11.2 Å². The second-order valence-corrected chi connectivity index (χ2v) is 6.33. The molecule has 23 heavy (non-hydrogen) atoms. The van der Waals surface area contributed by atoms with Crippen molar-refractivity contribution in [1.29, 1.82) is 0 Å². The number of fused-ring (bicyclic) bond motifs is 1. The summed E-state index contributed by atoms with van der Waals surface area (Å²) >= 11 is 1.58. The topological polar surface area (TPSA) is 68.5 Å². The Kier molecular flexibility index (Phi) is 3.59. The number of hydrogen-bond donors (Lipinski definition) is 0. The van der Waals surface area contributed by atoms with Crippen LogP contribution in [-0.4, -0.2) is 47.3 Å². The molecule has 3 aromatic rings. The van der Waals surface area contributed by atoms with Crippen molar-refractivity contribution in [2.24, 2.45) is 0 Å². The predicted octanol–water partition coefficient (Wildman–Crippen LogP) is 2.73. The zero-order valence-corrected chi connectivity index (χ0v) is 13.4. The number of aromatic nitrogens is 2. The van der Waals surface area contributed by atoms with Gasteiger partial charge in [0.1, 0.15) is 0 Å². The Morgan fingerprint density at radius 3 is 2.91 bits per heavy atom. The van der Waals surface area contributed by atoms with Gasteiger partial charge in [-0.05, 0) is 24.4 Å². The molecule has 4 rings (SSSR count). The van der Waals surface area contributed by atoms with Gasteiger partial charge in [-0.2, -0.15) is 0 Å². The third-order valence-corrected chi connectivity index (χ3v) is 4.81. The number of hydrogen-bond acceptors (Lipinski definition) is 6. The standard InChI is InChI=1S/C16H15N3O3S/c1-10-14-11(16(20)19-4-6-21-7-5-19)9-12(13-3-2-8-23-13)17-15(14)22-18-10/h2-3,8-9H,4-7H2,1H3. The molecule has 0 saturated carbocycles. The maximum absolute atomic E-state index is 13.0. The number of nitrogens with zero attached hydrogens (tertiary/aromatic N) is 3. The van der Waals surface area contributed by atoms with Gasteiger partial charge in [0, 0.05) is 13.1 Å². The summed E-state index contributed by atoms with van der Waals surface area (Å²) in [6.07, 6.45) is 0. The second kappa shape index (κ2) is 5.75. The molecule has 0 aliphatic carbocycles. The summed E-state index contributed by atoms with van der Waals surface area (Å²) < 4.78 is 10.6. The van der Waals surface area contributed by atoms with Gasteiger partial charge >= 0.3 is 0 Å². The van der Waals surface area contributed by atoms with Crippen molar-refractivity contribution in [3.05, 3.63) is 34.8 Å². The Bertz CT molecular complexity index is 851. The third-order valence-electron chi connectivity index (χ3n) is 3.92. The quantitative estimate of drug-likeness (QED) is 0.723. The summed E-state index contributed by atoms with van der Waals surface area (Å²) in [6, 6.07) is 5.78. The Labute approximate surface area is 136 Å². The number of morpholine rings is 1. The van der Waals surface area contributed by atoms with Crippen LogP contribution in [0.25, 0.3) is 21.7 Å². The SMILES string of the molecule is Cc1noc2nc(-c3cccs3)cc(C(=O)N3CCOCC3)c12. The van der Waals surface area contributed by atoms with Crippen molar-refractivity contribution in [3.63, 3.8) is 0 Å². The minimum absolute atomic E-state index is 0.0233. The van der Waals surface area contributed by atoms with E-state index < -0.39 is 0 Å². The molecule has 1 amide bonds. The Balaban J connectivity index is 1.85. The number of amides is 1. The highest BCUT2D eigenvalue weighted by Crippen LogP contribution is 2.30. The van der Waals surface area contributed by atoms with E-state index in [1.54, 1.807) is 11.3 Å². The monoisotopic (exact) mass is 329 g/mol. The summed E-state index contributed by atoms with van der Waals surface area (Å²) in [5, 5.41) is 6.66. The molecule has 6 nitrogen and oxygen atoms in total. The molecule has 0 N–H and O–H groups in total. The minimum atomic E-state index is -0.0233. The van der Waals surface area contributed by atoms with E-state index in [4.69, 9.17) is 9.26 Å². The van der Waals surface area contributed by atoms with Gasteiger partial charge in [-0.15, -0.1) is 11.3 Å². The van der Waals surface area contributed by atoms with Crippen LogP contribution < -0.4 is 0 Å². The van der Waals surface area contributed by atoms with E-state index in [9.17, 15) is 4.79 Å². The first-order valence-corrected chi connectivity index (χ1v) is 8.30. The van der Waals surface area contributed by atoms with Crippen LogP contribution in [0, 0.1) is 6.92 Å². The fourth-order valence-electron chi connectivity index (χ4n) is 2.75. The lowest BCUT2D eigenvalue weighted by molar-refractivity contribution is 0.0304. The average molecular weight is 329 g/mol. The van der Waals surface area contributed by atoms with E-state index in [0.29, 0.717) is 48.7 Å². The zero-order chi connectivity index (χ0) is 15.8. The number of pyridine rings is 1. The first-order valence-electron chi connectivity index (χ1n) is 7.42. The van der Waals surface area contributed by atoms with Gasteiger partial charge in [0.15, 0.2) is 0 Å². The van der Waals surface area contributed by atoms with Crippen molar-refractivity contribution >= 4 is 28.3 Å². The molecule has 3 aromatic heterocycles. The summed E-state index contributed by atoms with van der Waals surface area (Å²) in [5.41, 5.74) is 2.42. The number of rotatable bonds is 2. The highest BCUT2D eigenvalue weighted by molar-refractivity contribution is 7.13. The lowest BCUT2D eigenvalue weighted by Crippen LogP contribution is -2.40. The summed E-state index contributed by atoms with van der Waals surface area (Å²) in [7, 11) is 0. The van der Waals surface area contributed by atoms with Crippen molar-refractivity contribution in [3.8, 4) is 10.6 Å². The molecule has 1 saturated heterocycles. The number of carbonyl (C=O) groups is 1. The van der Waals surface area contributed by atoms with Gasteiger partial charge in [-0.3, -0.25) is 4.79 Å². The lowest BCUT2D eigenvalue weighted by atomic mass is 10.1. The van der Waals surface area contributed by atoms with Gasteiger partial charge < -0.3 is 14.2 Å². The maximum Gasteiger partial charge on any atom is 0.259 e. The van der Waals surface area contributed by atoms with Crippen LogP contribution in [0.1, 0.15) is 16.1 Å². The molecule has 0 bridgehead atoms. The largest absolute Gasteiger partial charge is 0.378 e. The summed E-state index contributed by atoms with van der Waals surface area (Å²) in [4.78, 5) is 20.3. The molecule has 4 heterocycles. The summed E-state index contributed by atoms with van der Waals surface area (Å²) in [5.74, 6) is -0.0233. The molecule has 7 heteroatoms. The fraction of sp³-hybridized carbons (Fsp3) is 0.312. The molecule has 1 fully saturated rings. The molecule has 0 spiro atoms. The fourth-order valence-corrected chi connectivity index (χ4v) is 3.44. The molecular weight excluding hydrogens is 314 g/mol. The Morgan fingerprint density at radius 2 is 2.17 bits per heavy atom. The van der Waals surface area contributed by atoms with E-state index in [1.165, 1.54) is 0 Å². The molecule has 1 aliphatic heterocycles. The van der Waals surface area contributed by atoms with E-state index >= 15 is 0 Å². The van der Waals surface area contributed by atoms with Crippen molar-refractivity contribution in [2.45, 2.75) is 6.92 Å². The number of carbonyl (C=O) groups excluding carboxylic acids is 1. The second-order valence-electron chi connectivity index (χ2n) is 5.39. The number of ether oxygens (including phenoxy) is 1. The third kappa shape index (κ3) is 2.51. The van der Waals surface area contributed by atoms with Crippen LogP contribution in [0.2, 0.25) is 0 Å². The first-order chi connectivity index (χ1) is 11.2. The lowest BCUT2D eigenvalue weighted by Gasteiger charge is -2.27. The molecule has 0 atom stereocenters. The van der Waals surface area contributed by atoms with Crippen LogP contribution in [0.3, 0.4) is 0 Å². The van der Waals surface area contributed by atoms with Gasteiger partial charge in [-0.25, -0.2) is 4.98 Å². The first kappa shape index (κ1) is 14.3. The van der Waals surface area contributed by atoms with E-state index in [2.05, 4.69) is 10.1 Å². The zero-order valence-electron chi connectivity index (χ0n) is 12.6. The highest BCUT2D eigenvalue weighted by Gasteiger charge is 2.24. The van der Waals surface area contributed by atoms with Gasteiger partial charge in [0.25, 0.3) is 11.6 Å². The molecular formula is C16H15N3O3S. The van der Waals surface area contributed by atoms with E-state index in [-0.39, 0.29) is 5.91 Å². The van der Waals surface area contributed by atoms with Crippen LogP contribution in [0.4, 0.5) is 0 Å². The maximum atomic E-state index is 13.0. The smallest absolute Gasteiger partial charge is 0.259 e. The van der Waals surface area contributed by atoms with E-state index in [0.717, 1.165) is 10.6 Å². The number of aryl methyl sites for hydroxylation is 1. The predicted molar refractivity (Wildman–Crippen MR) is 86.6 cm³/mol. The molecule has 0 aromatic carbocycles. The van der Waals surface area contributed by atoms with Crippen LogP contribution in [0.15, 0.2) is 28.1 Å². The van der Waals surface area contributed by atoms with Crippen molar-refractivity contribution in [1.82, 2.24) is 15.0 Å². The van der Waals surface area contributed by atoms with Crippen LogP contribution in [0.5, 0.6) is 0 Å². The average Bonchev–Trinajstić information content (AvgIpc) is 3.25. The summed E-state index contributed by atoms with van der Waals surface area (Å²) in [6.45, 7) is 4.16. The Morgan fingerprint density at radius 1 is 1.35 bits per heavy atom. The van der Waals surface area contributed by atoms with Gasteiger partial charge in [0.2, 0.25) is 0 Å². The highest BCUT2D eigenvalue weighted by atomic mass is 32.1. The normalized spacial score (nSPS) is 15.3. The van der Waals surface area contributed by atoms with Crippen molar-refractivity contribution < 1.29 is 14.1 Å². The number of thiophene rings is 1. The molecule has 0 radical (unpaired) electrons. The van der Waals surface area contributed by atoms with Crippen LogP contribution >= 0.6 is 11.3 Å².